The van der Waals surface area contributed by atoms with E-state index in [1.807, 2.05) is 30.3 Å². The van der Waals surface area contributed by atoms with Crippen LogP contribution in [0.25, 0.3) is 0 Å². The minimum atomic E-state index is -4.38. The molecule has 0 aromatic heterocycles. The van der Waals surface area contributed by atoms with Crippen molar-refractivity contribution >= 4 is 33.3 Å². The monoisotopic (exact) mass is 469 g/mol. The average molecular weight is 470 g/mol. The molecule has 0 aliphatic carbocycles. The number of ether oxygens (including phenoxy) is 1. The van der Waals surface area contributed by atoms with Crippen LogP contribution in [0.1, 0.15) is 28.4 Å². The fourth-order valence-electron chi connectivity index (χ4n) is 3.08. The number of amides is 1. The van der Waals surface area contributed by atoms with Crippen LogP contribution in [-0.2, 0) is 21.4 Å². The first kappa shape index (κ1) is 23.8. The lowest BCUT2D eigenvalue weighted by Gasteiger charge is -2.19. The maximum Gasteiger partial charge on any atom is 0.335 e. The van der Waals surface area contributed by atoms with E-state index in [2.05, 4.69) is 10.6 Å². The number of anilines is 2. The number of carbonyl (C=O) groups excluding carboxylic acids is 1. The van der Waals surface area contributed by atoms with Crippen LogP contribution in [0.2, 0.25) is 0 Å². The zero-order valence-electron chi connectivity index (χ0n) is 18.0. The van der Waals surface area contributed by atoms with E-state index in [-0.39, 0.29) is 35.2 Å². The van der Waals surface area contributed by atoms with Gasteiger partial charge in [0.25, 0.3) is 0 Å². The molecule has 0 aliphatic rings. The highest BCUT2D eigenvalue weighted by atomic mass is 32.2. The minimum absolute atomic E-state index is 0.109. The largest absolute Gasteiger partial charge is 0.478 e. The summed E-state index contributed by atoms with van der Waals surface area (Å²) < 4.78 is 30.7. The van der Waals surface area contributed by atoms with E-state index in [9.17, 15) is 23.1 Å². The Balaban J connectivity index is 2.16. The van der Waals surface area contributed by atoms with Crippen molar-refractivity contribution in [3.8, 4) is 11.5 Å². The number of primary sulfonamides is 1. The second kappa shape index (κ2) is 9.72. The van der Waals surface area contributed by atoms with Crippen molar-refractivity contribution in [2.24, 2.45) is 5.14 Å². The smallest absolute Gasteiger partial charge is 0.335 e. The van der Waals surface area contributed by atoms with Gasteiger partial charge in [-0.1, -0.05) is 36.4 Å². The average Bonchev–Trinajstić information content (AvgIpc) is 2.74. The van der Waals surface area contributed by atoms with E-state index in [1.165, 1.54) is 13.0 Å². The maximum absolute atomic E-state index is 12.4. The number of hydrogen-bond acceptors (Lipinski definition) is 6. The Labute approximate surface area is 191 Å². The molecule has 33 heavy (non-hydrogen) atoms. The molecule has 3 aromatic carbocycles. The lowest BCUT2D eigenvalue weighted by Crippen LogP contribution is -2.16. The first-order valence-corrected chi connectivity index (χ1v) is 11.4. The number of sulfonamides is 1. The van der Waals surface area contributed by atoms with Crippen LogP contribution >= 0.6 is 0 Å². The van der Waals surface area contributed by atoms with Gasteiger partial charge in [0.05, 0.1) is 16.9 Å². The third kappa shape index (κ3) is 6.09. The Morgan fingerprint density at radius 1 is 1.03 bits per heavy atom. The molecule has 0 bridgehead atoms. The Morgan fingerprint density at radius 3 is 2.33 bits per heavy atom. The van der Waals surface area contributed by atoms with Crippen LogP contribution in [0, 0.1) is 6.92 Å². The van der Waals surface area contributed by atoms with Gasteiger partial charge in [-0.25, -0.2) is 18.4 Å². The molecule has 0 spiro atoms. The lowest BCUT2D eigenvalue weighted by atomic mass is 10.1. The minimum Gasteiger partial charge on any atom is -0.478 e. The van der Waals surface area contributed by atoms with Gasteiger partial charge in [0.15, 0.2) is 11.5 Å². The zero-order valence-corrected chi connectivity index (χ0v) is 18.8. The molecule has 5 N–H and O–H groups in total. The van der Waals surface area contributed by atoms with E-state index in [0.717, 1.165) is 17.2 Å². The Bertz CT molecular complexity index is 1310. The number of aryl methyl sites for hydroxylation is 1. The Kier molecular flexibility index (Phi) is 7.00. The van der Waals surface area contributed by atoms with Crippen molar-refractivity contribution in [2.75, 3.05) is 10.6 Å². The number of nitrogens with two attached hydrogens (primary N) is 1. The number of carboxylic acid groups (broad SMARTS) is 1. The van der Waals surface area contributed by atoms with Crippen LogP contribution in [0.3, 0.4) is 0 Å². The molecular formula is C23H23N3O6S. The van der Waals surface area contributed by atoms with Gasteiger partial charge in [-0.15, -0.1) is 0 Å². The van der Waals surface area contributed by atoms with Crippen molar-refractivity contribution in [3.05, 3.63) is 77.4 Å². The fraction of sp³-hybridized carbons (Fsp3) is 0.130. The molecule has 3 aromatic rings. The van der Waals surface area contributed by atoms with E-state index in [0.29, 0.717) is 5.69 Å². The first-order valence-electron chi connectivity index (χ1n) is 9.82. The Hall–Kier alpha value is -3.89. The molecule has 0 heterocycles. The van der Waals surface area contributed by atoms with E-state index < -0.39 is 20.9 Å². The van der Waals surface area contributed by atoms with Gasteiger partial charge in [-0.2, -0.15) is 0 Å². The summed E-state index contributed by atoms with van der Waals surface area (Å²) in [6, 6.07) is 16.4. The normalized spacial score (nSPS) is 11.0. The highest BCUT2D eigenvalue weighted by Gasteiger charge is 2.24. The van der Waals surface area contributed by atoms with Crippen molar-refractivity contribution in [1.29, 1.82) is 0 Å². The number of hydrogen-bond donors (Lipinski definition) is 4. The van der Waals surface area contributed by atoms with Gasteiger partial charge >= 0.3 is 5.97 Å². The van der Waals surface area contributed by atoms with Gasteiger partial charge < -0.3 is 20.5 Å². The molecule has 10 heteroatoms. The predicted octanol–water partition coefficient (Wildman–Crippen LogP) is 3.70. The van der Waals surface area contributed by atoms with Gasteiger partial charge in [0.2, 0.25) is 15.9 Å². The van der Waals surface area contributed by atoms with Crippen LogP contribution in [0.4, 0.5) is 11.4 Å². The standard InChI is InChI=1S/C23H23N3O6S/c1-14-8-9-18(26-15(2)27)20(10-14)32-22-19(25-13-16-6-4-3-5-7-16)11-17(23(28)29)12-21(22)33(24,30)31/h3-12,25H,13H2,1-2H3,(H,26,27)(H,28,29)(H2,24,30,31). The molecule has 0 fully saturated rings. The van der Waals surface area contributed by atoms with E-state index >= 15 is 0 Å². The van der Waals surface area contributed by atoms with Crippen molar-refractivity contribution in [3.63, 3.8) is 0 Å². The number of nitrogens with one attached hydrogen (secondary N) is 2. The highest BCUT2D eigenvalue weighted by molar-refractivity contribution is 7.89. The maximum atomic E-state index is 12.4. The summed E-state index contributed by atoms with van der Waals surface area (Å²) in [5.74, 6) is -1.70. The summed E-state index contributed by atoms with van der Waals surface area (Å²) in [6.45, 7) is 3.39. The molecule has 9 nitrogen and oxygen atoms in total. The number of benzene rings is 3. The van der Waals surface area contributed by atoms with Crippen molar-refractivity contribution in [1.82, 2.24) is 0 Å². The second-order valence-electron chi connectivity index (χ2n) is 7.32. The Morgan fingerprint density at radius 2 is 1.73 bits per heavy atom. The molecule has 1 amide bonds. The van der Waals surface area contributed by atoms with Crippen LogP contribution in [-0.4, -0.2) is 25.4 Å². The lowest BCUT2D eigenvalue weighted by molar-refractivity contribution is -0.114. The van der Waals surface area contributed by atoms with Crippen molar-refractivity contribution in [2.45, 2.75) is 25.3 Å². The highest BCUT2D eigenvalue weighted by Crippen LogP contribution is 2.40. The first-order chi connectivity index (χ1) is 15.5. The van der Waals surface area contributed by atoms with Gasteiger partial charge in [0.1, 0.15) is 4.90 Å². The second-order valence-corrected chi connectivity index (χ2v) is 8.85. The number of carboxylic acids is 1. The van der Waals surface area contributed by atoms with E-state index in [4.69, 9.17) is 9.88 Å². The molecule has 0 aliphatic heterocycles. The predicted molar refractivity (Wildman–Crippen MR) is 124 cm³/mol. The molecular weight excluding hydrogens is 446 g/mol. The fourth-order valence-corrected chi connectivity index (χ4v) is 3.78. The van der Waals surface area contributed by atoms with Crippen LogP contribution in [0.15, 0.2) is 65.6 Å². The summed E-state index contributed by atoms with van der Waals surface area (Å²) in [4.78, 5) is 22.8. The summed E-state index contributed by atoms with van der Waals surface area (Å²) in [6.07, 6.45) is 0. The summed E-state index contributed by atoms with van der Waals surface area (Å²) in [5, 5.41) is 20.6. The molecule has 0 saturated heterocycles. The number of rotatable bonds is 8. The quantitative estimate of drug-likeness (QED) is 0.393. The van der Waals surface area contributed by atoms with Gasteiger partial charge in [-0.05, 0) is 42.3 Å². The summed E-state index contributed by atoms with van der Waals surface area (Å²) >= 11 is 0. The molecule has 0 unspecified atom stereocenters. The van der Waals surface area contributed by atoms with Crippen LogP contribution < -0.4 is 20.5 Å². The third-order valence-corrected chi connectivity index (χ3v) is 5.51. The summed E-state index contributed by atoms with van der Waals surface area (Å²) in [7, 11) is -4.38. The molecule has 3 rings (SSSR count). The molecule has 0 saturated carbocycles. The number of aromatic carboxylic acids is 1. The van der Waals surface area contributed by atoms with Crippen LogP contribution in [0.5, 0.6) is 11.5 Å². The zero-order chi connectivity index (χ0) is 24.2. The molecule has 172 valence electrons. The van der Waals surface area contributed by atoms with Crippen molar-refractivity contribution < 1.29 is 27.9 Å². The summed E-state index contributed by atoms with van der Waals surface area (Å²) in [5.41, 5.74) is 1.80. The SMILES string of the molecule is CC(=O)Nc1ccc(C)cc1Oc1c(NCc2ccccc2)cc(C(=O)O)cc1S(N)(=O)=O. The number of carbonyl (C=O) groups is 2. The molecule has 0 radical (unpaired) electrons. The van der Waals surface area contributed by atoms with Gasteiger partial charge in [0, 0.05) is 13.5 Å². The topological polar surface area (TPSA) is 148 Å². The van der Waals surface area contributed by atoms with Gasteiger partial charge in [-0.3, -0.25) is 4.79 Å². The third-order valence-electron chi connectivity index (χ3n) is 4.59. The molecule has 0 atom stereocenters. The van der Waals surface area contributed by atoms with E-state index in [1.54, 1.807) is 25.1 Å².